The zero-order valence-corrected chi connectivity index (χ0v) is 9.89. The van der Waals surface area contributed by atoms with Gasteiger partial charge in [0.1, 0.15) is 0 Å². The van der Waals surface area contributed by atoms with E-state index in [1.54, 1.807) is 25.1 Å². The van der Waals surface area contributed by atoms with Crippen LogP contribution in [-0.2, 0) is 4.79 Å². The zero-order chi connectivity index (χ0) is 10.7. The van der Waals surface area contributed by atoms with Gasteiger partial charge in [-0.2, -0.15) is 0 Å². The maximum absolute atomic E-state index is 11.2. The maximum atomic E-state index is 11.2. The molecule has 0 aliphatic rings. The van der Waals surface area contributed by atoms with Crippen LogP contribution in [0.15, 0.2) is 22.7 Å². The van der Waals surface area contributed by atoms with Gasteiger partial charge in [0.2, 0.25) is 5.91 Å². The molecular weight excluding hydrogens is 267 g/mol. The maximum Gasteiger partial charge on any atom is 0.240 e. The summed E-state index contributed by atoms with van der Waals surface area (Å²) in [6.07, 6.45) is 0. The van der Waals surface area contributed by atoms with Crippen LogP contribution in [-0.4, -0.2) is 11.9 Å². The average molecular weight is 278 g/mol. The van der Waals surface area contributed by atoms with E-state index < -0.39 is 6.04 Å². The largest absolute Gasteiger partial charge is 0.325 e. The average Bonchev–Trinajstić information content (AvgIpc) is 2.11. The second-order valence-corrected chi connectivity index (χ2v) is 4.17. The Bertz CT molecular complexity index is 355. The summed E-state index contributed by atoms with van der Waals surface area (Å²) in [6, 6.07) is 4.61. The minimum absolute atomic E-state index is 0.223. The van der Waals surface area contributed by atoms with E-state index in [2.05, 4.69) is 21.2 Å². The fourth-order valence-corrected chi connectivity index (χ4v) is 1.33. The van der Waals surface area contributed by atoms with Crippen LogP contribution in [0.25, 0.3) is 0 Å². The molecule has 0 unspecified atom stereocenters. The van der Waals surface area contributed by atoms with Gasteiger partial charge in [0, 0.05) is 10.2 Å². The van der Waals surface area contributed by atoms with Crippen molar-refractivity contribution in [1.82, 2.24) is 0 Å². The van der Waals surface area contributed by atoms with Crippen LogP contribution in [0.3, 0.4) is 0 Å². The van der Waals surface area contributed by atoms with Gasteiger partial charge in [-0.05, 0) is 41.1 Å². The summed E-state index contributed by atoms with van der Waals surface area (Å²) in [7, 11) is 0. The van der Waals surface area contributed by atoms with E-state index in [4.69, 9.17) is 17.3 Å². The molecule has 0 fully saturated rings. The van der Waals surface area contributed by atoms with Crippen LogP contribution in [0.1, 0.15) is 6.92 Å². The van der Waals surface area contributed by atoms with Crippen molar-refractivity contribution in [2.45, 2.75) is 13.0 Å². The summed E-state index contributed by atoms with van der Waals surface area (Å²) in [4.78, 5) is 11.2. The number of halogens is 2. The third-order valence-corrected chi connectivity index (χ3v) is 2.81. The molecule has 0 aromatic heterocycles. The Hall–Kier alpha value is -0.580. The normalized spacial score (nSPS) is 12.3. The molecule has 3 N–H and O–H groups in total. The van der Waals surface area contributed by atoms with Crippen LogP contribution < -0.4 is 11.1 Å². The summed E-state index contributed by atoms with van der Waals surface area (Å²) in [5, 5.41) is 3.26. The summed E-state index contributed by atoms with van der Waals surface area (Å²) in [5.41, 5.74) is 6.07. The lowest BCUT2D eigenvalue weighted by Crippen LogP contribution is -2.32. The smallest absolute Gasteiger partial charge is 0.240 e. The van der Waals surface area contributed by atoms with Gasteiger partial charge >= 0.3 is 0 Å². The van der Waals surface area contributed by atoms with Crippen molar-refractivity contribution in [3.63, 3.8) is 0 Å². The molecule has 0 saturated carbocycles. The van der Waals surface area contributed by atoms with Crippen molar-refractivity contribution < 1.29 is 4.79 Å². The molecule has 0 aliphatic heterocycles. The van der Waals surface area contributed by atoms with Gasteiger partial charge in [-0.15, -0.1) is 0 Å². The fourth-order valence-electron chi connectivity index (χ4n) is 0.830. The molecule has 0 aliphatic carbocycles. The first-order valence-electron chi connectivity index (χ1n) is 4.02. The van der Waals surface area contributed by atoms with E-state index in [1.807, 2.05) is 0 Å². The molecule has 1 atom stereocenters. The quantitative estimate of drug-likeness (QED) is 0.872. The van der Waals surface area contributed by atoms with Gasteiger partial charge in [0.15, 0.2) is 0 Å². The van der Waals surface area contributed by atoms with Gasteiger partial charge in [-0.25, -0.2) is 0 Å². The standard InChI is InChI=1S/C9H10BrClN2O/c1-5(12)9(14)13-6-2-3-8(11)7(10)4-6/h2-5H,12H2,1H3,(H,13,14)/t5-/m0/s1. The predicted molar refractivity (Wildman–Crippen MR) is 61.4 cm³/mol. The third kappa shape index (κ3) is 2.97. The highest BCUT2D eigenvalue weighted by Crippen LogP contribution is 2.25. The molecule has 0 radical (unpaired) electrons. The van der Waals surface area contributed by atoms with E-state index in [0.29, 0.717) is 10.7 Å². The van der Waals surface area contributed by atoms with Crippen molar-refractivity contribution in [3.8, 4) is 0 Å². The number of carbonyl (C=O) groups excluding carboxylic acids is 1. The Kier molecular flexibility index (Phi) is 3.92. The number of benzene rings is 1. The molecule has 0 bridgehead atoms. The monoisotopic (exact) mass is 276 g/mol. The number of hydrogen-bond acceptors (Lipinski definition) is 2. The van der Waals surface area contributed by atoms with Gasteiger partial charge < -0.3 is 11.1 Å². The first-order valence-corrected chi connectivity index (χ1v) is 5.19. The Morgan fingerprint density at radius 2 is 2.29 bits per heavy atom. The highest BCUT2D eigenvalue weighted by atomic mass is 79.9. The van der Waals surface area contributed by atoms with E-state index in [0.717, 1.165) is 4.47 Å². The first kappa shape index (κ1) is 11.5. The van der Waals surface area contributed by atoms with Gasteiger partial charge in [-0.1, -0.05) is 11.6 Å². The molecule has 1 aromatic carbocycles. The molecule has 3 nitrogen and oxygen atoms in total. The lowest BCUT2D eigenvalue weighted by atomic mass is 10.3. The van der Waals surface area contributed by atoms with Crippen LogP contribution in [0.4, 0.5) is 5.69 Å². The number of rotatable bonds is 2. The fraction of sp³-hybridized carbons (Fsp3) is 0.222. The molecule has 0 spiro atoms. The molecule has 1 aromatic rings. The summed E-state index contributed by atoms with van der Waals surface area (Å²) >= 11 is 9.05. The van der Waals surface area contributed by atoms with Crippen molar-refractivity contribution in [2.75, 3.05) is 5.32 Å². The number of nitrogens with two attached hydrogens (primary N) is 1. The number of hydrogen-bond donors (Lipinski definition) is 2. The minimum atomic E-state index is -0.524. The molecule has 76 valence electrons. The third-order valence-electron chi connectivity index (χ3n) is 1.60. The predicted octanol–water partition coefficient (Wildman–Crippen LogP) is 2.39. The van der Waals surface area contributed by atoms with E-state index in [1.165, 1.54) is 0 Å². The second-order valence-electron chi connectivity index (χ2n) is 2.91. The number of nitrogens with one attached hydrogen (secondary N) is 1. The Morgan fingerprint density at radius 3 is 2.79 bits per heavy atom. The molecule has 1 rings (SSSR count). The number of amides is 1. The molecule has 0 heterocycles. The van der Waals surface area contributed by atoms with Gasteiger partial charge in [0.05, 0.1) is 11.1 Å². The lowest BCUT2D eigenvalue weighted by Gasteiger charge is -2.08. The van der Waals surface area contributed by atoms with Crippen molar-refractivity contribution >= 4 is 39.1 Å². The second kappa shape index (κ2) is 4.77. The molecule has 14 heavy (non-hydrogen) atoms. The molecule has 5 heteroatoms. The van der Waals surface area contributed by atoms with Crippen molar-refractivity contribution in [1.29, 1.82) is 0 Å². The topological polar surface area (TPSA) is 55.1 Å². The van der Waals surface area contributed by atoms with E-state index in [9.17, 15) is 4.79 Å². The molecular formula is C9H10BrClN2O. The van der Waals surface area contributed by atoms with E-state index >= 15 is 0 Å². The Balaban J connectivity index is 2.78. The van der Waals surface area contributed by atoms with Crippen LogP contribution in [0.5, 0.6) is 0 Å². The van der Waals surface area contributed by atoms with Crippen LogP contribution in [0, 0.1) is 0 Å². The van der Waals surface area contributed by atoms with Gasteiger partial charge in [-0.3, -0.25) is 4.79 Å². The van der Waals surface area contributed by atoms with Crippen LogP contribution >= 0.6 is 27.5 Å². The number of anilines is 1. The summed E-state index contributed by atoms with van der Waals surface area (Å²) in [6.45, 7) is 1.63. The highest BCUT2D eigenvalue weighted by Gasteiger charge is 2.07. The lowest BCUT2D eigenvalue weighted by molar-refractivity contribution is -0.117. The molecule has 1 amide bonds. The highest BCUT2D eigenvalue weighted by molar-refractivity contribution is 9.10. The van der Waals surface area contributed by atoms with Gasteiger partial charge in [0.25, 0.3) is 0 Å². The Labute approximate surface area is 95.7 Å². The first-order chi connectivity index (χ1) is 6.50. The minimum Gasteiger partial charge on any atom is -0.325 e. The SMILES string of the molecule is C[C@H](N)C(=O)Nc1ccc(Cl)c(Br)c1. The zero-order valence-electron chi connectivity index (χ0n) is 7.55. The number of carbonyl (C=O) groups is 1. The van der Waals surface area contributed by atoms with Crippen molar-refractivity contribution in [3.05, 3.63) is 27.7 Å². The molecule has 0 saturated heterocycles. The summed E-state index contributed by atoms with van der Waals surface area (Å²) < 4.78 is 0.738. The van der Waals surface area contributed by atoms with E-state index in [-0.39, 0.29) is 5.91 Å². The van der Waals surface area contributed by atoms with Crippen LogP contribution in [0.2, 0.25) is 5.02 Å². The summed E-state index contributed by atoms with van der Waals surface area (Å²) in [5.74, 6) is -0.223. The Morgan fingerprint density at radius 1 is 1.64 bits per heavy atom. The van der Waals surface area contributed by atoms with Crippen molar-refractivity contribution in [2.24, 2.45) is 5.73 Å².